The molecular weight excluding hydrogens is 1620 g/mol. The second-order valence-corrected chi connectivity index (χ2v) is 33.4. The van der Waals surface area contributed by atoms with Crippen molar-refractivity contribution < 1.29 is 183 Å². The Morgan fingerprint density at radius 2 is 0.689 bits per heavy atom. The number of carbonyl (C=O) groups excluding carboxylic acids is 3. The van der Waals surface area contributed by atoms with E-state index in [2.05, 4.69) is 29.8 Å². The van der Waals surface area contributed by atoms with Gasteiger partial charge in [-0.3, -0.25) is 14.4 Å². The lowest BCUT2D eigenvalue weighted by atomic mass is 9.93. The van der Waals surface area contributed by atoms with Gasteiger partial charge >= 0.3 is 0 Å². The van der Waals surface area contributed by atoms with Crippen molar-refractivity contribution in [2.45, 2.75) is 441 Å². The molecule has 0 radical (unpaired) electrons. The molecule has 0 aliphatic carbocycles. The predicted octanol–water partition coefficient (Wildman–Crippen LogP) is -3.57. The van der Waals surface area contributed by atoms with Gasteiger partial charge in [0, 0.05) is 20.3 Å². The van der Waals surface area contributed by atoms with Crippen molar-refractivity contribution in [2.24, 2.45) is 0 Å². The van der Waals surface area contributed by atoms with E-state index in [1.165, 1.54) is 116 Å². The Morgan fingerprint density at radius 3 is 1.18 bits per heavy atom. The predicted molar refractivity (Wildman–Crippen MR) is 425 cm³/mol. The minimum atomic E-state index is -2.34. The molecule has 23 N–H and O–H groups in total. The molecule has 712 valence electrons. The van der Waals surface area contributed by atoms with Crippen LogP contribution in [0.15, 0.2) is 12.2 Å². The molecule has 0 aromatic heterocycles. The minimum absolute atomic E-state index is 0.168. The van der Waals surface area contributed by atoms with Gasteiger partial charge in [-0.15, -0.1) is 0 Å². The molecule has 40 heteroatoms. The summed E-state index contributed by atoms with van der Waals surface area (Å²) in [5, 5.41) is 233. The Kier molecular flexibility index (Phi) is 47.8. The lowest BCUT2D eigenvalue weighted by Gasteiger charge is -2.52. The van der Waals surface area contributed by atoms with Crippen molar-refractivity contribution in [2.75, 3.05) is 46.2 Å². The molecule has 0 aromatic rings. The van der Waals surface area contributed by atoms with Crippen LogP contribution in [-0.2, 0) is 80.7 Å². The molecule has 0 bridgehead atoms. The summed E-state index contributed by atoms with van der Waals surface area (Å²) in [4.78, 5) is 39.4. The molecule has 14 unspecified atom stereocenters. The molecule has 0 saturated carbocycles. The first kappa shape index (κ1) is 106. The number of aliphatic hydroxyl groups excluding tert-OH is 20. The monoisotopic (exact) mass is 1770 g/mol. The van der Waals surface area contributed by atoms with E-state index >= 15 is 0 Å². The molecule has 40 nitrogen and oxygen atoms in total. The van der Waals surface area contributed by atoms with Crippen LogP contribution in [0.1, 0.15) is 214 Å². The molecule has 3 amide bonds. The number of hydrogen-bond donors (Lipinski definition) is 23. The highest BCUT2D eigenvalue weighted by molar-refractivity contribution is 5.76. The summed E-state index contributed by atoms with van der Waals surface area (Å²) in [5.74, 6) is -2.11. The third-order valence-electron chi connectivity index (χ3n) is 23.8. The van der Waals surface area contributed by atoms with Crippen LogP contribution in [0.5, 0.6) is 0 Å². The largest absolute Gasteiger partial charge is 0.394 e. The molecular formula is C82H147N3O37. The van der Waals surface area contributed by atoms with Gasteiger partial charge in [0.1, 0.15) is 165 Å². The standard InChI is InChI=1S/C82H147N3O37/c1-6-8-10-12-14-16-18-20-21-23-25-27-29-31-33-35-54(95)85-46(47(94)34-32-30-28-26-24-22-19-17-15-13-11-9-7-2)42-109-78-67(106)64(103)70(52(40-90)115-78)117-80-68(107)65(104)71(53(41-91)116-80)118-81-69(108)73(60(99)50(38-88)113-81)120-77-56(84-45(5)93)72(59(98)49(37-87)112-77)119-82-75(122-79-66(105)63(102)57(96)43(3)110-79)74(61(100)51(39-89)114-82)121-76-55(83-44(4)92)62(101)58(97)48(36-86)111-76/h32,34,43,46-53,55-82,86-91,94,96-108H,6-31,33,35-42H2,1-5H3,(H,83,92)(H,84,93)(H,85,95)/b34-32+/t43?,46-,47+,48?,49?,50?,51?,52?,53?,55?,56?,57+,58-,59-,60-,61-,62+,63?,64+,65+,66-,67?,68?,69?,70+,71-,72+,73-,74-,75?,76+,77-,78+,79+,80-,81-,82-/m0/s1. The number of carbonyl (C=O) groups is 3. The van der Waals surface area contributed by atoms with Crippen LogP contribution in [0, 0.1) is 0 Å². The number of aliphatic hydroxyl groups is 20. The number of rotatable bonds is 54. The molecule has 122 heavy (non-hydrogen) atoms. The molecule has 0 spiro atoms. The van der Waals surface area contributed by atoms with Crippen LogP contribution in [0.2, 0.25) is 0 Å². The third kappa shape index (κ3) is 30.7. The summed E-state index contributed by atoms with van der Waals surface area (Å²) in [7, 11) is 0. The zero-order chi connectivity index (χ0) is 89.3. The minimum Gasteiger partial charge on any atom is -0.394 e. The lowest BCUT2D eigenvalue weighted by molar-refractivity contribution is -0.402. The Labute approximate surface area is 713 Å². The van der Waals surface area contributed by atoms with Crippen molar-refractivity contribution >= 4 is 17.7 Å². The van der Waals surface area contributed by atoms with Crippen molar-refractivity contribution in [3.63, 3.8) is 0 Å². The summed E-state index contributed by atoms with van der Waals surface area (Å²) >= 11 is 0. The fraction of sp³-hybridized carbons (Fsp3) is 0.939. The Morgan fingerprint density at radius 1 is 0.336 bits per heavy atom. The summed E-state index contributed by atoms with van der Waals surface area (Å²) in [6.07, 6.45) is -32.4. The van der Waals surface area contributed by atoms with Gasteiger partial charge in [0.15, 0.2) is 44.0 Å². The van der Waals surface area contributed by atoms with E-state index in [4.69, 9.17) is 66.3 Å². The van der Waals surface area contributed by atoms with Gasteiger partial charge in [-0.05, 0) is 26.2 Å². The zero-order valence-electron chi connectivity index (χ0n) is 71.1. The van der Waals surface area contributed by atoms with Crippen LogP contribution >= 0.6 is 0 Å². The smallest absolute Gasteiger partial charge is 0.220 e. The van der Waals surface area contributed by atoms with Gasteiger partial charge in [0.05, 0.1) is 64.5 Å². The maximum atomic E-state index is 13.5. The number of ether oxygens (including phenoxy) is 14. The van der Waals surface area contributed by atoms with E-state index < -0.39 is 285 Å². The van der Waals surface area contributed by atoms with E-state index in [0.717, 1.165) is 65.2 Å². The molecule has 0 aromatic carbocycles. The zero-order valence-corrected chi connectivity index (χ0v) is 71.1. The van der Waals surface area contributed by atoms with E-state index in [9.17, 15) is 117 Å². The molecule has 7 rings (SSSR count). The number of unbranched alkanes of at least 4 members (excludes halogenated alkanes) is 25. The van der Waals surface area contributed by atoms with E-state index in [1.807, 2.05) is 6.08 Å². The highest BCUT2D eigenvalue weighted by Crippen LogP contribution is 2.40. The van der Waals surface area contributed by atoms with Crippen molar-refractivity contribution in [3.05, 3.63) is 12.2 Å². The Hall–Kier alpha value is -3.21. The highest BCUT2D eigenvalue weighted by Gasteiger charge is 2.60. The average Bonchev–Trinajstić information content (AvgIpc) is 0.762. The maximum Gasteiger partial charge on any atom is 0.220 e. The van der Waals surface area contributed by atoms with Gasteiger partial charge in [-0.2, -0.15) is 0 Å². The molecule has 7 aliphatic rings. The fourth-order valence-electron chi connectivity index (χ4n) is 16.5. The molecule has 7 saturated heterocycles. The molecule has 37 atom stereocenters. The van der Waals surface area contributed by atoms with Crippen LogP contribution in [0.4, 0.5) is 0 Å². The van der Waals surface area contributed by atoms with E-state index in [1.54, 1.807) is 6.08 Å². The van der Waals surface area contributed by atoms with Crippen molar-refractivity contribution in [1.29, 1.82) is 0 Å². The molecule has 7 fully saturated rings. The first-order valence-corrected chi connectivity index (χ1v) is 44.3. The summed E-state index contributed by atoms with van der Waals surface area (Å²) in [5.41, 5.74) is 0. The third-order valence-corrected chi connectivity index (χ3v) is 23.8. The number of allylic oxidation sites excluding steroid dienone is 1. The first-order valence-electron chi connectivity index (χ1n) is 44.3. The second-order valence-electron chi connectivity index (χ2n) is 33.4. The van der Waals surface area contributed by atoms with Crippen LogP contribution in [0.3, 0.4) is 0 Å². The first-order chi connectivity index (χ1) is 58.5. The maximum absolute atomic E-state index is 13.5. The molecule has 7 heterocycles. The van der Waals surface area contributed by atoms with E-state index in [0.29, 0.717) is 12.8 Å². The number of nitrogens with one attached hydrogen (secondary N) is 3. The van der Waals surface area contributed by atoms with Gasteiger partial charge in [0.2, 0.25) is 17.7 Å². The van der Waals surface area contributed by atoms with Crippen molar-refractivity contribution in [1.82, 2.24) is 16.0 Å². The van der Waals surface area contributed by atoms with E-state index in [-0.39, 0.29) is 12.3 Å². The van der Waals surface area contributed by atoms with Crippen LogP contribution in [0.25, 0.3) is 0 Å². The summed E-state index contributed by atoms with van der Waals surface area (Å²) < 4.78 is 84.2. The van der Waals surface area contributed by atoms with Crippen LogP contribution in [-0.4, -0.2) is 393 Å². The van der Waals surface area contributed by atoms with Gasteiger partial charge in [-0.1, -0.05) is 180 Å². The highest BCUT2D eigenvalue weighted by atomic mass is 16.8. The summed E-state index contributed by atoms with van der Waals surface area (Å²) in [6, 6.07) is -4.75. The quantitative estimate of drug-likeness (QED) is 0.0207. The molecule has 7 aliphatic heterocycles. The van der Waals surface area contributed by atoms with Crippen molar-refractivity contribution in [3.8, 4) is 0 Å². The summed E-state index contributed by atoms with van der Waals surface area (Å²) in [6.45, 7) is 0.921. The Bertz CT molecular complexity index is 2910. The number of hydrogen-bond acceptors (Lipinski definition) is 37. The van der Waals surface area contributed by atoms with Gasteiger partial charge in [0.25, 0.3) is 0 Å². The van der Waals surface area contributed by atoms with Gasteiger partial charge in [-0.25, -0.2) is 0 Å². The lowest BCUT2D eigenvalue weighted by Crippen LogP contribution is -2.71. The SMILES string of the molecule is CCCCCCCCCCCCC/C=C/[C@@H](O)[C@H](CO[C@@H]1OC(CO)[C@@H](O[C@@H]2OC(CO)[C@H](O[C@@H]3OC(CO)[C@H](O)[C@H](O[C@@H]4OC(CO)[C@H](O)[C@H](O[C@@H]5OC(CO)[C@H](O)[C@H](O[C@H]6OC(CO)[C@H](O)[C@H](O)C6NC(C)=O)C5O[C@H]5OC(C)[C@@H](O)C(O)[C@@H]5O)C4NC(C)=O)C3O)[C@H](O)C2O)[C@H](O)C1O)NC(=O)CCCCCCCCCCCCCCCCC. The second kappa shape index (κ2) is 55.1. The fourth-order valence-corrected chi connectivity index (χ4v) is 16.5. The topological polar surface area (TPSA) is 621 Å². The normalized spacial score (nSPS) is 38.9. The van der Waals surface area contributed by atoms with Gasteiger partial charge < -0.3 is 184 Å². The number of amides is 3. The van der Waals surface area contributed by atoms with Crippen LogP contribution < -0.4 is 16.0 Å². The Balaban J connectivity index is 1.02. The average molecular weight is 1770 g/mol.